The van der Waals surface area contributed by atoms with E-state index in [0.29, 0.717) is 11.9 Å². The van der Waals surface area contributed by atoms with Gasteiger partial charge in [0.15, 0.2) is 5.13 Å². The number of nitrogen functional groups attached to an aromatic ring is 1. The van der Waals surface area contributed by atoms with Gasteiger partial charge in [0.25, 0.3) is 0 Å². The van der Waals surface area contributed by atoms with Gasteiger partial charge in [0, 0.05) is 25.1 Å². The van der Waals surface area contributed by atoms with Crippen LogP contribution in [0.5, 0.6) is 0 Å². The Morgan fingerprint density at radius 2 is 2.64 bits per heavy atom. The Morgan fingerprint density at radius 3 is 3.29 bits per heavy atom. The Hall–Kier alpha value is -0.810. The van der Waals surface area contributed by atoms with Crippen LogP contribution in [0.25, 0.3) is 0 Å². The highest BCUT2D eigenvalue weighted by molar-refractivity contribution is 7.14. The Labute approximate surface area is 87.7 Å². The second-order valence-corrected chi connectivity index (χ2v) is 4.20. The maximum absolute atomic E-state index is 5.58. The van der Waals surface area contributed by atoms with E-state index in [0.717, 1.165) is 31.2 Å². The van der Waals surface area contributed by atoms with Gasteiger partial charge in [0.2, 0.25) is 0 Å². The number of hydrogen-bond donors (Lipinski definition) is 1. The summed E-state index contributed by atoms with van der Waals surface area (Å²) in [5, 5.41) is 2.90. The van der Waals surface area contributed by atoms with Crippen LogP contribution in [0.1, 0.15) is 13.3 Å². The Balaban J connectivity index is 1.95. The molecular formula is C9H15N3OS. The van der Waals surface area contributed by atoms with Crippen LogP contribution in [0.15, 0.2) is 5.38 Å². The predicted octanol–water partition coefficient (Wildman–Crippen LogP) is 1.34. The largest absolute Gasteiger partial charge is 0.383 e. The van der Waals surface area contributed by atoms with Crippen molar-refractivity contribution in [1.82, 2.24) is 4.98 Å². The molecule has 1 aliphatic heterocycles. The standard InChI is InChI=1S/C9H15N3OS/c1-2-13-7-3-4-12(5-7)9-11-8(10)6-14-9/h6-7H,2-5,10H2,1H3. The highest BCUT2D eigenvalue weighted by atomic mass is 32.1. The van der Waals surface area contributed by atoms with Crippen LogP contribution < -0.4 is 10.6 Å². The van der Waals surface area contributed by atoms with Gasteiger partial charge in [-0.2, -0.15) is 0 Å². The highest BCUT2D eigenvalue weighted by Gasteiger charge is 2.24. The summed E-state index contributed by atoms with van der Waals surface area (Å²) < 4.78 is 5.57. The van der Waals surface area contributed by atoms with Gasteiger partial charge in [-0.25, -0.2) is 4.98 Å². The molecule has 0 amide bonds. The number of ether oxygens (including phenoxy) is 1. The van der Waals surface area contributed by atoms with Gasteiger partial charge in [-0.1, -0.05) is 0 Å². The Kier molecular flexibility index (Phi) is 2.88. The number of anilines is 2. The first kappa shape index (κ1) is 9.73. The van der Waals surface area contributed by atoms with Crippen LogP contribution in [0.4, 0.5) is 10.9 Å². The average molecular weight is 213 g/mol. The lowest BCUT2D eigenvalue weighted by Crippen LogP contribution is -2.22. The maximum Gasteiger partial charge on any atom is 0.187 e. The molecule has 1 aromatic rings. The molecule has 0 radical (unpaired) electrons. The monoisotopic (exact) mass is 213 g/mol. The summed E-state index contributed by atoms with van der Waals surface area (Å²) in [7, 11) is 0. The minimum absolute atomic E-state index is 0.366. The van der Waals surface area contributed by atoms with Gasteiger partial charge in [-0.05, 0) is 13.3 Å². The van der Waals surface area contributed by atoms with E-state index in [-0.39, 0.29) is 0 Å². The van der Waals surface area contributed by atoms with E-state index >= 15 is 0 Å². The summed E-state index contributed by atoms with van der Waals surface area (Å²) in [4.78, 5) is 6.49. The van der Waals surface area contributed by atoms with Crippen LogP contribution in [0.2, 0.25) is 0 Å². The molecule has 1 aromatic heterocycles. The zero-order valence-corrected chi connectivity index (χ0v) is 9.09. The lowest BCUT2D eigenvalue weighted by atomic mass is 10.3. The number of nitrogens with zero attached hydrogens (tertiary/aromatic N) is 2. The average Bonchev–Trinajstić information content (AvgIpc) is 2.74. The number of aromatic nitrogens is 1. The molecule has 4 nitrogen and oxygen atoms in total. The van der Waals surface area contributed by atoms with Gasteiger partial charge in [0.05, 0.1) is 6.10 Å². The van der Waals surface area contributed by atoms with Gasteiger partial charge in [-0.3, -0.25) is 0 Å². The van der Waals surface area contributed by atoms with E-state index in [9.17, 15) is 0 Å². The predicted molar refractivity (Wildman–Crippen MR) is 58.8 cm³/mol. The number of hydrogen-bond acceptors (Lipinski definition) is 5. The normalized spacial score (nSPS) is 21.8. The molecule has 1 fully saturated rings. The van der Waals surface area contributed by atoms with E-state index in [1.54, 1.807) is 11.3 Å². The molecule has 1 aliphatic rings. The smallest absolute Gasteiger partial charge is 0.187 e. The Morgan fingerprint density at radius 1 is 1.79 bits per heavy atom. The zero-order valence-electron chi connectivity index (χ0n) is 8.27. The third-order valence-electron chi connectivity index (χ3n) is 2.33. The first-order chi connectivity index (χ1) is 6.79. The summed E-state index contributed by atoms with van der Waals surface area (Å²) >= 11 is 1.60. The van der Waals surface area contributed by atoms with Crippen LogP contribution in [0, 0.1) is 0 Å². The molecule has 1 atom stereocenters. The Bertz CT molecular complexity index is 302. The second kappa shape index (κ2) is 4.14. The molecule has 0 aliphatic carbocycles. The van der Waals surface area contributed by atoms with Crippen LogP contribution in [0.3, 0.4) is 0 Å². The first-order valence-electron chi connectivity index (χ1n) is 4.87. The van der Waals surface area contributed by atoms with E-state index < -0.39 is 0 Å². The summed E-state index contributed by atoms with van der Waals surface area (Å²) in [6, 6.07) is 0. The molecule has 0 spiro atoms. The van der Waals surface area contributed by atoms with Gasteiger partial charge < -0.3 is 15.4 Å². The van der Waals surface area contributed by atoms with Crippen molar-refractivity contribution >= 4 is 22.3 Å². The fraction of sp³-hybridized carbons (Fsp3) is 0.667. The second-order valence-electron chi connectivity index (χ2n) is 3.37. The molecule has 14 heavy (non-hydrogen) atoms. The third-order valence-corrected chi connectivity index (χ3v) is 3.25. The molecule has 0 saturated carbocycles. The van der Waals surface area contributed by atoms with Crippen LogP contribution in [-0.4, -0.2) is 30.8 Å². The lowest BCUT2D eigenvalue weighted by Gasteiger charge is -2.14. The summed E-state index contributed by atoms with van der Waals surface area (Å²) in [6.07, 6.45) is 1.46. The first-order valence-corrected chi connectivity index (χ1v) is 5.75. The van der Waals surface area contributed by atoms with Crippen molar-refractivity contribution < 1.29 is 4.74 Å². The van der Waals surface area contributed by atoms with Gasteiger partial charge in [0.1, 0.15) is 5.82 Å². The topological polar surface area (TPSA) is 51.4 Å². The number of rotatable bonds is 3. The summed E-state index contributed by atoms with van der Waals surface area (Å²) in [5.41, 5.74) is 5.58. The van der Waals surface area contributed by atoms with Crippen molar-refractivity contribution in [1.29, 1.82) is 0 Å². The number of thiazole rings is 1. The summed E-state index contributed by atoms with van der Waals surface area (Å²) in [5.74, 6) is 0.616. The zero-order chi connectivity index (χ0) is 9.97. The maximum atomic E-state index is 5.58. The van der Waals surface area contributed by atoms with E-state index in [2.05, 4.69) is 9.88 Å². The van der Waals surface area contributed by atoms with Gasteiger partial charge in [-0.15, -0.1) is 11.3 Å². The van der Waals surface area contributed by atoms with Crippen LogP contribution in [-0.2, 0) is 4.74 Å². The molecule has 0 bridgehead atoms. The molecule has 1 saturated heterocycles. The fourth-order valence-electron chi connectivity index (χ4n) is 1.70. The van der Waals surface area contributed by atoms with E-state index in [1.165, 1.54) is 0 Å². The molecule has 2 heterocycles. The van der Waals surface area contributed by atoms with Crippen molar-refractivity contribution in [3.05, 3.63) is 5.38 Å². The molecular weight excluding hydrogens is 198 g/mol. The van der Waals surface area contributed by atoms with Crippen molar-refractivity contribution in [3.8, 4) is 0 Å². The number of nitrogens with two attached hydrogens (primary N) is 1. The minimum atomic E-state index is 0.366. The van der Waals surface area contributed by atoms with Crippen molar-refractivity contribution in [3.63, 3.8) is 0 Å². The molecule has 5 heteroatoms. The highest BCUT2D eigenvalue weighted by Crippen LogP contribution is 2.26. The third kappa shape index (κ3) is 1.99. The van der Waals surface area contributed by atoms with Crippen LogP contribution >= 0.6 is 11.3 Å². The quantitative estimate of drug-likeness (QED) is 0.823. The fourth-order valence-corrected chi connectivity index (χ4v) is 2.45. The molecule has 78 valence electrons. The SMILES string of the molecule is CCOC1CCN(c2nc(N)cs2)C1. The molecule has 1 unspecified atom stereocenters. The minimum Gasteiger partial charge on any atom is -0.383 e. The summed E-state index contributed by atoms with van der Waals surface area (Å²) in [6.45, 7) is 4.79. The van der Waals surface area contributed by atoms with Crippen molar-refractivity contribution in [2.24, 2.45) is 0 Å². The van der Waals surface area contributed by atoms with Crippen molar-refractivity contribution in [2.75, 3.05) is 30.3 Å². The van der Waals surface area contributed by atoms with E-state index in [4.69, 9.17) is 10.5 Å². The van der Waals surface area contributed by atoms with E-state index in [1.807, 2.05) is 12.3 Å². The molecule has 0 aromatic carbocycles. The van der Waals surface area contributed by atoms with Gasteiger partial charge >= 0.3 is 0 Å². The van der Waals surface area contributed by atoms with Crippen molar-refractivity contribution in [2.45, 2.75) is 19.4 Å². The lowest BCUT2D eigenvalue weighted by molar-refractivity contribution is 0.0787. The molecule has 2 rings (SSSR count). The molecule has 2 N–H and O–H groups in total.